The fourth-order valence-electron chi connectivity index (χ4n) is 1.57. The van der Waals surface area contributed by atoms with Crippen LogP contribution in [-0.4, -0.2) is 55.4 Å². The van der Waals surface area contributed by atoms with Crippen LogP contribution >= 0.6 is 0 Å². The molecule has 1 atom stereocenters. The van der Waals surface area contributed by atoms with Crippen molar-refractivity contribution < 1.29 is 14.6 Å². The van der Waals surface area contributed by atoms with Crippen LogP contribution in [0.25, 0.3) is 0 Å². The van der Waals surface area contributed by atoms with E-state index >= 15 is 0 Å². The molecule has 0 spiro atoms. The van der Waals surface area contributed by atoms with E-state index in [1.807, 2.05) is 0 Å². The second kappa shape index (κ2) is 8.44. The fourth-order valence-corrected chi connectivity index (χ4v) is 1.57. The van der Waals surface area contributed by atoms with Gasteiger partial charge in [-0.3, -0.25) is 4.79 Å². The predicted octanol–water partition coefficient (Wildman–Crippen LogP) is 0.927. The summed E-state index contributed by atoms with van der Waals surface area (Å²) in [4.78, 5) is 13.0. The minimum atomic E-state index is -1.09. The lowest BCUT2D eigenvalue weighted by atomic mass is 9.96. The maximum absolute atomic E-state index is 10.8. The Morgan fingerprint density at radius 3 is 2.47 bits per heavy atom. The summed E-state index contributed by atoms with van der Waals surface area (Å²) in [6, 6.07) is 0. The van der Waals surface area contributed by atoms with Gasteiger partial charge in [0.15, 0.2) is 0 Å². The standard InChI is InChI=1S/C12H26N2O3/c1-12(13,11(15)16)7-4-5-8-14(2)9-6-10-17-3/h4-10,13H2,1-3H3,(H,15,16). The first-order chi connectivity index (χ1) is 7.90. The first-order valence-electron chi connectivity index (χ1n) is 6.10. The van der Waals surface area contributed by atoms with Gasteiger partial charge in [-0.1, -0.05) is 0 Å². The third kappa shape index (κ3) is 8.12. The highest BCUT2D eigenvalue weighted by molar-refractivity contribution is 5.77. The van der Waals surface area contributed by atoms with E-state index in [2.05, 4.69) is 11.9 Å². The summed E-state index contributed by atoms with van der Waals surface area (Å²) in [5.41, 5.74) is 4.56. The Bertz CT molecular complexity index is 220. The molecule has 0 aliphatic heterocycles. The summed E-state index contributed by atoms with van der Waals surface area (Å²) in [5, 5.41) is 8.84. The molecule has 0 bridgehead atoms. The molecular weight excluding hydrogens is 220 g/mol. The van der Waals surface area contributed by atoms with Crippen molar-refractivity contribution in [2.24, 2.45) is 5.73 Å². The van der Waals surface area contributed by atoms with Crippen LogP contribution in [0.2, 0.25) is 0 Å². The van der Waals surface area contributed by atoms with E-state index in [1.165, 1.54) is 0 Å². The SMILES string of the molecule is COCCCN(C)CCCCC(C)(N)C(=O)O. The van der Waals surface area contributed by atoms with E-state index < -0.39 is 11.5 Å². The van der Waals surface area contributed by atoms with Crippen molar-refractivity contribution in [3.63, 3.8) is 0 Å². The van der Waals surface area contributed by atoms with Crippen molar-refractivity contribution in [1.29, 1.82) is 0 Å². The van der Waals surface area contributed by atoms with Crippen molar-refractivity contribution in [2.75, 3.05) is 33.9 Å². The van der Waals surface area contributed by atoms with E-state index in [0.29, 0.717) is 6.42 Å². The molecule has 0 aliphatic rings. The molecule has 17 heavy (non-hydrogen) atoms. The second-order valence-corrected chi connectivity index (χ2v) is 4.83. The molecule has 1 unspecified atom stereocenters. The normalized spacial score (nSPS) is 14.9. The number of aliphatic carboxylic acids is 1. The molecule has 0 aromatic rings. The number of hydrogen-bond donors (Lipinski definition) is 2. The summed E-state index contributed by atoms with van der Waals surface area (Å²) in [5.74, 6) is -0.925. The number of carbonyl (C=O) groups is 1. The highest BCUT2D eigenvalue weighted by Gasteiger charge is 2.26. The molecule has 102 valence electrons. The number of hydrogen-bond acceptors (Lipinski definition) is 4. The lowest BCUT2D eigenvalue weighted by molar-refractivity contribution is -0.142. The minimum Gasteiger partial charge on any atom is -0.480 e. The van der Waals surface area contributed by atoms with Crippen LogP contribution in [-0.2, 0) is 9.53 Å². The van der Waals surface area contributed by atoms with Crippen molar-refractivity contribution in [2.45, 2.75) is 38.1 Å². The molecule has 0 fully saturated rings. The average molecular weight is 246 g/mol. The third-order valence-corrected chi connectivity index (χ3v) is 2.86. The molecule has 0 amide bonds. The lowest BCUT2D eigenvalue weighted by Crippen LogP contribution is -2.44. The van der Waals surface area contributed by atoms with Crippen LogP contribution in [0, 0.1) is 0 Å². The van der Waals surface area contributed by atoms with Crippen LogP contribution in [0.4, 0.5) is 0 Å². The molecule has 0 aromatic carbocycles. The molecule has 0 aliphatic carbocycles. The van der Waals surface area contributed by atoms with Gasteiger partial charge in [0.25, 0.3) is 0 Å². The molecule has 5 nitrogen and oxygen atoms in total. The van der Waals surface area contributed by atoms with E-state index in [4.69, 9.17) is 15.6 Å². The van der Waals surface area contributed by atoms with Gasteiger partial charge in [-0.2, -0.15) is 0 Å². The van der Waals surface area contributed by atoms with Gasteiger partial charge in [-0.05, 0) is 46.2 Å². The van der Waals surface area contributed by atoms with Gasteiger partial charge in [0, 0.05) is 20.3 Å². The number of rotatable bonds is 10. The van der Waals surface area contributed by atoms with E-state index in [-0.39, 0.29) is 0 Å². The number of nitrogens with two attached hydrogens (primary N) is 1. The van der Waals surface area contributed by atoms with Crippen molar-refractivity contribution in [1.82, 2.24) is 4.90 Å². The predicted molar refractivity (Wildman–Crippen MR) is 68.1 cm³/mol. The number of methoxy groups -OCH3 is 1. The van der Waals surface area contributed by atoms with Gasteiger partial charge >= 0.3 is 5.97 Å². The number of carboxylic acids is 1. The molecule has 0 aromatic heterocycles. The Labute approximate surface area is 104 Å². The van der Waals surface area contributed by atoms with Gasteiger partial charge in [-0.15, -0.1) is 0 Å². The van der Waals surface area contributed by atoms with Gasteiger partial charge < -0.3 is 20.5 Å². The third-order valence-electron chi connectivity index (χ3n) is 2.86. The quantitative estimate of drug-likeness (QED) is 0.561. The maximum Gasteiger partial charge on any atom is 0.323 e. The zero-order chi connectivity index (χ0) is 13.3. The Morgan fingerprint density at radius 2 is 1.94 bits per heavy atom. The monoisotopic (exact) mass is 246 g/mol. The van der Waals surface area contributed by atoms with Crippen molar-refractivity contribution in [3.05, 3.63) is 0 Å². The second-order valence-electron chi connectivity index (χ2n) is 4.83. The number of unbranched alkanes of at least 4 members (excludes halogenated alkanes) is 1. The molecule has 0 heterocycles. The molecule has 0 saturated carbocycles. The Balaban J connectivity index is 3.54. The van der Waals surface area contributed by atoms with E-state index in [1.54, 1.807) is 14.0 Å². The Kier molecular flexibility index (Phi) is 8.12. The molecule has 0 saturated heterocycles. The summed E-state index contributed by atoms with van der Waals surface area (Å²) >= 11 is 0. The van der Waals surface area contributed by atoms with Crippen LogP contribution in [0.3, 0.4) is 0 Å². The highest BCUT2D eigenvalue weighted by Crippen LogP contribution is 2.11. The highest BCUT2D eigenvalue weighted by atomic mass is 16.5. The number of carboxylic acid groups (broad SMARTS) is 1. The Morgan fingerprint density at radius 1 is 1.35 bits per heavy atom. The van der Waals surface area contributed by atoms with Crippen molar-refractivity contribution >= 4 is 5.97 Å². The van der Waals surface area contributed by atoms with Crippen LogP contribution < -0.4 is 5.73 Å². The van der Waals surface area contributed by atoms with Gasteiger partial charge in [0.05, 0.1) is 0 Å². The molecule has 0 radical (unpaired) electrons. The summed E-state index contributed by atoms with van der Waals surface area (Å²) in [6.07, 6.45) is 3.36. The molecule has 0 rings (SSSR count). The van der Waals surface area contributed by atoms with E-state index in [9.17, 15) is 4.79 Å². The van der Waals surface area contributed by atoms with E-state index in [0.717, 1.165) is 39.0 Å². The van der Waals surface area contributed by atoms with Gasteiger partial charge in [0.2, 0.25) is 0 Å². The average Bonchev–Trinajstić information content (AvgIpc) is 2.24. The summed E-state index contributed by atoms with van der Waals surface area (Å²) in [7, 11) is 3.77. The maximum atomic E-state index is 10.8. The summed E-state index contributed by atoms with van der Waals surface area (Å²) < 4.78 is 4.98. The van der Waals surface area contributed by atoms with Gasteiger partial charge in [0.1, 0.15) is 5.54 Å². The Hall–Kier alpha value is -0.650. The largest absolute Gasteiger partial charge is 0.480 e. The zero-order valence-electron chi connectivity index (χ0n) is 11.2. The van der Waals surface area contributed by atoms with Crippen LogP contribution in [0.1, 0.15) is 32.6 Å². The van der Waals surface area contributed by atoms with Crippen LogP contribution in [0.15, 0.2) is 0 Å². The number of ether oxygens (including phenoxy) is 1. The number of nitrogens with zero attached hydrogens (tertiary/aromatic N) is 1. The minimum absolute atomic E-state index is 0.522. The van der Waals surface area contributed by atoms with Crippen LogP contribution in [0.5, 0.6) is 0 Å². The first kappa shape index (κ1) is 16.4. The smallest absolute Gasteiger partial charge is 0.323 e. The summed E-state index contributed by atoms with van der Waals surface area (Å²) in [6.45, 7) is 4.33. The zero-order valence-corrected chi connectivity index (χ0v) is 11.2. The molecule has 5 heteroatoms. The lowest BCUT2D eigenvalue weighted by Gasteiger charge is -2.20. The first-order valence-corrected chi connectivity index (χ1v) is 6.10. The fraction of sp³-hybridized carbons (Fsp3) is 0.917. The van der Waals surface area contributed by atoms with Gasteiger partial charge in [-0.25, -0.2) is 0 Å². The molecule has 3 N–H and O–H groups in total. The molecular formula is C12H26N2O3. The van der Waals surface area contributed by atoms with Crippen molar-refractivity contribution in [3.8, 4) is 0 Å². The topological polar surface area (TPSA) is 75.8 Å².